The van der Waals surface area contributed by atoms with Gasteiger partial charge in [-0.1, -0.05) is 24.4 Å². The van der Waals surface area contributed by atoms with E-state index < -0.39 is 11.7 Å². The summed E-state index contributed by atoms with van der Waals surface area (Å²) in [7, 11) is 0. The van der Waals surface area contributed by atoms with Gasteiger partial charge >= 0.3 is 0 Å². The molecule has 0 aliphatic carbocycles. The molecule has 20 heavy (non-hydrogen) atoms. The number of hydrogen-bond donors (Lipinski definition) is 2. The number of carbonyl (C=O) groups is 1. The molecule has 0 unspecified atom stereocenters. The maximum atomic E-state index is 13.8. The molecule has 3 N–H and O–H groups in total. The van der Waals surface area contributed by atoms with Crippen molar-refractivity contribution in [1.82, 2.24) is 0 Å². The quantitative estimate of drug-likeness (QED) is 0.854. The second-order valence-electron chi connectivity index (χ2n) is 4.33. The lowest BCUT2D eigenvalue weighted by Crippen LogP contribution is -2.15. The van der Waals surface area contributed by atoms with Crippen LogP contribution in [-0.4, -0.2) is 10.9 Å². The van der Waals surface area contributed by atoms with E-state index in [1.165, 1.54) is 6.07 Å². The molecule has 2 aromatic carbocycles. The number of hydrogen-bond acceptors (Lipinski definition) is 2. The van der Waals surface area contributed by atoms with Gasteiger partial charge in [-0.3, -0.25) is 4.79 Å². The zero-order valence-electron chi connectivity index (χ0n) is 10.8. The van der Waals surface area contributed by atoms with Crippen LogP contribution in [0, 0.1) is 12.7 Å². The Hall–Kier alpha value is -2.27. The smallest absolute Gasteiger partial charge is 0.258 e. The first-order valence-electron chi connectivity index (χ1n) is 5.95. The number of amides is 1. The minimum atomic E-state index is -0.509. The van der Waals surface area contributed by atoms with Gasteiger partial charge in [-0.05, 0) is 42.8 Å². The Balaban J connectivity index is 2.19. The van der Waals surface area contributed by atoms with E-state index >= 15 is 0 Å². The van der Waals surface area contributed by atoms with Gasteiger partial charge in [0.1, 0.15) is 10.8 Å². The molecule has 0 fully saturated rings. The summed E-state index contributed by atoms with van der Waals surface area (Å²) in [5, 5.41) is 2.63. The topological polar surface area (TPSA) is 55.1 Å². The summed E-state index contributed by atoms with van der Waals surface area (Å²) in [5.74, 6) is -1.00. The predicted molar refractivity (Wildman–Crippen MR) is 81.4 cm³/mol. The Morgan fingerprint density at radius 3 is 2.45 bits per heavy atom. The lowest BCUT2D eigenvalue weighted by atomic mass is 10.1. The normalized spacial score (nSPS) is 10.1. The molecule has 0 atom stereocenters. The predicted octanol–water partition coefficient (Wildman–Crippen LogP) is 3.02. The number of halogens is 1. The van der Waals surface area contributed by atoms with Crippen molar-refractivity contribution >= 4 is 28.8 Å². The van der Waals surface area contributed by atoms with Crippen LogP contribution in [0.2, 0.25) is 0 Å². The molecule has 102 valence electrons. The van der Waals surface area contributed by atoms with Crippen LogP contribution in [-0.2, 0) is 0 Å². The molecule has 5 heteroatoms. The molecule has 0 spiro atoms. The van der Waals surface area contributed by atoms with Gasteiger partial charge in [0.05, 0.1) is 5.56 Å². The SMILES string of the molecule is Cc1cccc(C(=O)Nc2ccc(C(N)=S)cc2)c1F. The fourth-order valence-corrected chi connectivity index (χ4v) is 1.88. The van der Waals surface area contributed by atoms with Crippen molar-refractivity contribution in [2.45, 2.75) is 6.92 Å². The molecule has 0 aliphatic heterocycles. The van der Waals surface area contributed by atoms with E-state index in [0.717, 1.165) is 0 Å². The van der Waals surface area contributed by atoms with E-state index in [0.29, 0.717) is 16.8 Å². The van der Waals surface area contributed by atoms with Gasteiger partial charge in [-0.25, -0.2) is 4.39 Å². The summed E-state index contributed by atoms with van der Waals surface area (Å²) in [6.45, 7) is 1.61. The van der Waals surface area contributed by atoms with Gasteiger partial charge in [0.2, 0.25) is 0 Å². The monoisotopic (exact) mass is 288 g/mol. The fraction of sp³-hybridized carbons (Fsp3) is 0.0667. The molecule has 3 nitrogen and oxygen atoms in total. The third-order valence-electron chi connectivity index (χ3n) is 2.86. The van der Waals surface area contributed by atoms with E-state index in [1.807, 2.05) is 0 Å². The zero-order valence-corrected chi connectivity index (χ0v) is 11.6. The molecule has 0 radical (unpaired) electrons. The average molecular weight is 288 g/mol. The first kappa shape index (κ1) is 14.1. The Morgan fingerprint density at radius 1 is 1.20 bits per heavy atom. The minimum absolute atomic E-state index is 0.0171. The number of rotatable bonds is 3. The van der Waals surface area contributed by atoms with Crippen LogP contribution >= 0.6 is 12.2 Å². The molecule has 0 saturated carbocycles. The van der Waals surface area contributed by atoms with Crippen molar-refractivity contribution in [3.63, 3.8) is 0 Å². The van der Waals surface area contributed by atoms with Crippen LogP contribution in [0.5, 0.6) is 0 Å². The number of aryl methyl sites for hydroxylation is 1. The third kappa shape index (κ3) is 3.00. The highest BCUT2D eigenvalue weighted by Crippen LogP contribution is 2.15. The minimum Gasteiger partial charge on any atom is -0.389 e. The molecule has 1 amide bonds. The highest BCUT2D eigenvalue weighted by atomic mass is 32.1. The van der Waals surface area contributed by atoms with Crippen molar-refractivity contribution in [3.05, 3.63) is 65.0 Å². The number of benzene rings is 2. The largest absolute Gasteiger partial charge is 0.389 e. The van der Waals surface area contributed by atoms with Crippen molar-refractivity contribution < 1.29 is 9.18 Å². The summed E-state index contributed by atoms with van der Waals surface area (Å²) in [6.07, 6.45) is 0. The van der Waals surface area contributed by atoms with Crippen molar-refractivity contribution in [3.8, 4) is 0 Å². The van der Waals surface area contributed by atoms with Crippen LogP contribution in [0.25, 0.3) is 0 Å². The van der Waals surface area contributed by atoms with E-state index in [4.69, 9.17) is 18.0 Å². The Bertz CT molecular complexity index is 668. The fourth-order valence-electron chi connectivity index (χ4n) is 1.74. The number of nitrogens with one attached hydrogen (secondary N) is 1. The Morgan fingerprint density at radius 2 is 1.85 bits per heavy atom. The van der Waals surface area contributed by atoms with Crippen LogP contribution in [0.3, 0.4) is 0 Å². The number of nitrogens with two attached hydrogens (primary N) is 1. The summed E-state index contributed by atoms with van der Waals surface area (Å²) >= 11 is 4.84. The second kappa shape index (κ2) is 5.79. The first-order valence-corrected chi connectivity index (χ1v) is 6.36. The first-order chi connectivity index (χ1) is 9.49. The van der Waals surface area contributed by atoms with Gasteiger partial charge in [-0.15, -0.1) is 0 Å². The van der Waals surface area contributed by atoms with E-state index in [1.54, 1.807) is 43.3 Å². The van der Waals surface area contributed by atoms with E-state index in [2.05, 4.69) is 5.32 Å². The molecule has 0 saturated heterocycles. The van der Waals surface area contributed by atoms with Gasteiger partial charge in [-0.2, -0.15) is 0 Å². The van der Waals surface area contributed by atoms with Gasteiger partial charge in [0.15, 0.2) is 0 Å². The number of thiocarbonyl (C=S) groups is 1. The van der Waals surface area contributed by atoms with Crippen LogP contribution in [0.1, 0.15) is 21.5 Å². The summed E-state index contributed by atoms with van der Waals surface area (Å²) in [4.78, 5) is 12.3. The molecule has 0 aromatic heterocycles. The average Bonchev–Trinajstić information content (AvgIpc) is 2.42. The molecule has 0 aliphatic rings. The van der Waals surface area contributed by atoms with Crippen LogP contribution in [0.4, 0.5) is 10.1 Å². The maximum Gasteiger partial charge on any atom is 0.258 e. The van der Waals surface area contributed by atoms with Crippen molar-refractivity contribution in [1.29, 1.82) is 0 Å². The Labute approximate surface area is 121 Å². The maximum absolute atomic E-state index is 13.8. The highest BCUT2D eigenvalue weighted by molar-refractivity contribution is 7.80. The van der Waals surface area contributed by atoms with Crippen molar-refractivity contribution in [2.24, 2.45) is 5.73 Å². The zero-order chi connectivity index (χ0) is 14.7. The molecule has 0 bridgehead atoms. The summed E-state index contributed by atoms with van der Waals surface area (Å²) < 4.78 is 13.8. The van der Waals surface area contributed by atoms with E-state index in [9.17, 15) is 9.18 Å². The molecule has 2 aromatic rings. The molecule has 0 heterocycles. The van der Waals surface area contributed by atoms with Gasteiger partial charge in [0, 0.05) is 11.3 Å². The summed E-state index contributed by atoms with van der Waals surface area (Å²) in [5.41, 5.74) is 7.20. The van der Waals surface area contributed by atoms with Gasteiger partial charge < -0.3 is 11.1 Å². The standard InChI is InChI=1S/C15H13FN2OS/c1-9-3-2-4-12(13(9)16)15(19)18-11-7-5-10(6-8-11)14(17)20/h2-8H,1H3,(H2,17,20)(H,18,19). The van der Waals surface area contributed by atoms with Crippen molar-refractivity contribution in [2.75, 3.05) is 5.32 Å². The Kier molecular flexibility index (Phi) is 4.10. The second-order valence-corrected chi connectivity index (χ2v) is 4.77. The van der Waals surface area contributed by atoms with Crippen LogP contribution in [0.15, 0.2) is 42.5 Å². The number of anilines is 1. The number of carbonyl (C=O) groups excluding carboxylic acids is 1. The molecule has 2 rings (SSSR count). The van der Waals surface area contributed by atoms with Gasteiger partial charge in [0.25, 0.3) is 5.91 Å². The highest BCUT2D eigenvalue weighted by Gasteiger charge is 2.13. The third-order valence-corrected chi connectivity index (χ3v) is 3.10. The molecular weight excluding hydrogens is 275 g/mol. The molecular formula is C15H13FN2OS. The van der Waals surface area contributed by atoms with E-state index in [-0.39, 0.29) is 10.6 Å². The summed E-state index contributed by atoms with van der Waals surface area (Å²) in [6, 6.07) is 11.4. The lowest BCUT2D eigenvalue weighted by Gasteiger charge is -2.08. The van der Waals surface area contributed by atoms with Crippen LogP contribution < -0.4 is 11.1 Å². The lowest BCUT2D eigenvalue weighted by molar-refractivity contribution is 0.102.